The molecule has 0 aliphatic carbocycles. The van der Waals surface area contributed by atoms with Gasteiger partial charge in [0.2, 0.25) is 5.91 Å². The summed E-state index contributed by atoms with van der Waals surface area (Å²) in [5.41, 5.74) is 2.68. The molecule has 0 saturated carbocycles. The largest absolute Gasteiger partial charge is 0.495 e. The molecule has 3 rings (SSSR count). The second-order valence-corrected chi connectivity index (χ2v) is 8.74. The number of aromatic nitrogens is 1. The molecule has 3 aromatic rings. The molecule has 2 amide bonds. The van der Waals surface area contributed by atoms with Crippen LogP contribution in [0.2, 0.25) is 0 Å². The zero-order chi connectivity index (χ0) is 21.9. The maximum atomic E-state index is 12.6. The highest BCUT2D eigenvalue weighted by molar-refractivity contribution is 7.14. The van der Waals surface area contributed by atoms with E-state index < -0.39 is 0 Å². The van der Waals surface area contributed by atoms with Crippen LogP contribution < -0.4 is 15.4 Å². The van der Waals surface area contributed by atoms with Crippen molar-refractivity contribution in [2.45, 2.75) is 39.5 Å². The molecule has 0 aliphatic heterocycles. The van der Waals surface area contributed by atoms with Crippen LogP contribution in [0.4, 0.5) is 10.8 Å². The molecule has 0 aliphatic rings. The minimum atomic E-state index is -0.296. The van der Waals surface area contributed by atoms with Crippen LogP contribution in [0.1, 0.15) is 48.1 Å². The smallest absolute Gasteiger partial charge is 0.260 e. The molecule has 7 nitrogen and oxygen atoms in total. The molecule has 0 atom stereocenters. The van der Waals surface area contributed by atoms with Crippen molar-refractivity contribution in [3.8, 4) is 5.75 Å². The van der Waals surface area contributed by atoms with Gasteiger partial charge in [-0.05, 0) is 36.1 Å². The lowest BCUT2D eigenvalue weighted by Gasteiger charge is -2.21. The number of rotatable bonds is 6. The third kappa shape index (κ3) is 5.07. The maximum Gasteiger partial charge on any atom is 0.260 e. The number of benzene rings is 1. The first kappa shape index (κ1) is 21.6. The number of aryl methyl sites for hydroxylation is 1. The summed E-state index contributed by atoms with van der Waals surface area (Å²) in [6.45, 7) is 8.04. The fourth-order valence-corrected chi connectivity index (χ4v) is 3.57. The van der Waals surface area contributed by atoms with E-state index in [-0.39, 0.29) is 23.7 Å². The van der Waals surface area contributed by atoms with Crippen molar-refractivity contribution in [3.63, 3.8) is 0 Å². The van der Waals surface area contributed by atoms with Gasteiger partial charge in [-0.3, -0.25) is 14.9 Å². The van der Waals surface area contributed by atoms with E-state index in [0.29, 0.717) is 33.6 Å². The Bertz CT molecular complexity index is 1060. The number of hydrogen-bond donors (Lipinski definition) is 2. The van der Waals surface area contributed by atoms with Gasteiger partial charge in [-0.2, -0.15) is 0 Å². The molecule has 2 aromatic heterocycles. The minimum absolute atomic E-state index is 0.0545. The highest BCUT2D eigenvalue weighted by atomic mass is 32.1. The molecule has 30 heavy (non-hydrogen) atoms. The van der Waals surface area contributed by atoms with Crippen LogP contribution in [-0.2, 0) is 16.6 Å². The van der Waals surface area contributed by atoms with Gasteiger partial charge < -0.3 is 14.5 Å². The van der Waals surface area contributed by atoms with Crippen molar-refractivity contribution in [3.05, 3.63) is 58.5 Å². The number of methoxy groups -OCH3 is 1. The van der Waals surface area contributed by atoms with Gasteiger partial charge in [0.25, 0.3) is 5.91 Å². The summed E-state index contributed by atoms with van der Waals surface area (Å²) in [4.78, 5) is 29.2. The van der Waals surface area contributed by atoms with Gasteiger partial charge in [-0.15, -0.1) is 11.3 Å². The van der Waals surface area contributed by atoms with Crippen LogP contribution >= 0.6 is 11.3 Å². The second kappa shape index (κ2) is 8.71. The Balaban J connectivity index is 1.66. The lowest BCUT2D eigenvalue weighted by Crippen LogP contribution is -2.17. The number of amides is 2. The standard InChI is InChI=1S/C22H25N3O4S/c1-13-16(8-9-29-13)20(27)25-21-23-15(12-30-21)11-19(26)24-17-10-14(22(2,3)4)6-7-18(17)28-5/h6-10,12H,11H2,1-5H3,(H,24,26)(H,23,25,27). The molecule has 0 unspecified atom stereocenters. The molecular weight excluding hydrogens is 402 g/mol. The van der Waals surface area contributed by atoms with Crippen molar-refractivity contribution in [1.29, 1.82) is 0 Å². The van der Waals surface area contributed by atoms with E-state index in [1.807, 2.05) is 18.2 Å². The Morgan fingerprint density at radius 1 is 1.20 bits per heavy atom. The third-order valence-corrected chi connectivity index (χ3v) is 5.36. The lowest BCUT2D eigenvalue weighted by atomic mass is 9.87. The normalized spacial score (nSPS) is 11.2. The van der Waals surface area contributed by atoms with Gasteiger partial charge >= 0.3 is 0 Å². The van der Waals surface area contributed by atoms with Crippen molar-refractivity contribution < 1.29 is 18.7 Å². The summed E-state index contributed by atoms with van der Waals surface area (Å²) in [5.74, 6) is 0.622. The lowest BCUT2D eigenvalue weighted by molar-refractivity contribution is -0.115. The Labute approximate surface area is 179 Å². The van der Waals surface area contributed by atoms with E-state index in [2.05, 4.69) is 36.4 Å². The SMILES string of the molecule is COc1ccc(C(C)(C)C)cc1NC(=O)Cc1csc(NC(=O)c2ccoc2C)n1. The van der Waals surface area contributed by atoms with E-state index in [4.69, 9.17) is 9.15 Å². The van der Waals surface area contributed by atoms with E-state index in [1.165, 1.54) is 17.6 Å². The van der Waals surface area contributed by atoms with Crippen LogP contribution in [0.25, 0.3) is 0 Å². The third-order valence-electron chi connectivity index (χ3n) is 4.56. The summed E-state index contributed by atoms with van der Waals surface area (Å²) in [6, 6.07) is 7.37. The second-order valence-electron chi connectivity index (χ2n) is 7.88. The van der Waals surface area contributed by atoms with Crippen molar-refractivity contribution in [2.24, 2.45) is 0 Å². The number of anilines is 2. The summed E-state index contributed by atoms with van der Waals surface area (Å²) in [7, 11) is 1.57. The molecule has 1 aromatic carbocycles. The van der Waals surface area contributed by atoms with Gasteiger partial charge in [0, 0.05) is 5.38 Å². The molecule has 0 spiro atoms. The highest BCUT2D eigenvalue weighted by Crippen LogP contribution is 2.31. The molecule has 0 saturated heterocycles. The van der Waals surface area contributed by atoms with Crippen molar-refractivity contribution in [2.75, 3.05) is 17.7 Å². The number of furan rings is 1. The topological polar surface area (TPSA) is 93.5 Å². The van der Waals surface area contributed by atoms with Crippen LogP contribution in [-0.4, -0.2) is 23.9 Å². The molecule has 0 fully saturated rings. The average molecular weight is 428 g/mol. The van der Waals surface area contributed by atoms with Crippen LogP contribution in [0.15, 0.2) is 40.3 Å². The maximum absolute atomic E-state index is 12.6. The molecule has 8 heteroatoms. The molecule has 0 radical (unpaired) electrons. The average Bonchev–Trinajstić information content (AvgIpc) is 3.29. The van der Waals surface area contributed by atoms with Crippen molar-refractivity contribution >= 4 is 34.0 Å². The van der Waals surface area contributed by atoms with E-state index >= 15 is 0 Å². The zero-order valence-corrected chi connectivity index (χ0v) is 18.5. The molecular formula is C22H25N3O4S. The number of nitrogens with one attached hydrogen (secondary N) is 2. The first-order valence-electron chi connectivity index (χ1n) is 9.45. The number of carbonyl (C=O) groups is 2. The Kier molecular flexibility index (Phi) is 6.26. The first-order valence-corrected chi connectivity index (χ1v) is 10.3. The van der Waals surface area contributed by atoms with Gasteiger partial charge in [-0.25, -0.2) is 4.98 Å². The van der Waals surface area contributed by atoms with Gasteiger partial charge in [-0.1, -0.05) is 26.8 Å². The summed E-state index contributed by atoms with van der Waals surface area (Å²) >= 11 is 1.26. The minimum Gasteiger partial charge on any atom is -0.495 e. The Morgan fingerprint density at radius 3 is 2.60 bits per heavy atom. The predicted octanol–water partition coefficient (Wildman–Crippen LogP) is 4.78. The van der Waals surface area contributed by atoms with Crippen molar-refractivity contribution in [1.82, 2.24) is 4.98 Å². The Hall–Kier alpha value is -3.13. The number of ether oxygens (including phenoxy) is 1. The van der Waals surface area contributed by atoms with Crippen LogP contribution in [0, 0.1) is 6.92 Å². The highest BCUT2D eigenvalue weighted by Gasteiger charge is 2.18. The number of carbonyl (C=O) groups excluding carboxylic acids is 2. The fourth-order valence-electron chi connectivity index (χ4n) is 2.86. The van der Waals surface area contributed by atoms with E-state index in [9.17, 15) is 9.59 Å². The van der Waals surface area contributed by atoms with E-state index in [1.54, 1.807) is 25.5 Å². The van der Waals surface area contributed by atoms with Gasteiger partial charge in [0.15, 0.2) is 5.13 Å². The monoisotopic (exact) mass is 427 g/mol. The molecule has 0 bridgehead atoms. The number of hydrogen-bond acceptors (Lipinski definition) is 6. The summed E-state index contributed by atoms with van der Waals surface area (Å²) in [6.07, 6.45) is 1.55. The number of thiazole rings is 1. The summed E-state index contributed by atoms with van der Waals surface area (Å²) in [5, 5.41) is 7.81. The Morgan fingerprint density at radius 2 is 1.97 bits per heavy atom. The first-order chi connectivity index (χ1) is 14.2. The van der Waals surface area contributed by atoms with E-state index in [0.717, 1.165) is 5.56 Å². The quantitative estimate of drug-likeness (QED) is 0.590. The van der Waals surface area contributed by atoms with Gasteiger partial charge in [0.05, 0.1) is 36.7 Å². The molecule has 2 heterocycles. The van der Waals surface area contributed by atoms with Crippen LogP contribution in [0.5, 0.6) is 5.75 Å². The summed E-state index contributed by atoms with van der Waals surface area (Å²) < 4.78 is 10.5. The molecule has 2 N–H and O–H groups in total. The number of nitrogens with zero attached hydrogens (tertiary/aromatic N) is 1. The van der Waals surface area contributed by atoms with Crippen LogP contribution in [0.3, 0.4) is 0 Å². The van der Waals surface area contributed by atoms with Gasteiger partial charge in [0.1, 0.15) is 11.5 Å². The fraction of sp³-hybridized carbons (Fsp3) is 0.318. The predicted molar refractivity (Wildman–Crippen MR) is 118 cm³/mol. The zero-order valence-electron chi connectivity index (χ0n) is 17.7. The molecule has 158 valence electrons.